The molecular formula is C28H25NO6. The van der Waals surface area contributed by atoms with Gasteiger partial charge < -0.3 is 23.5 Å². The molecule has 0 radical (unpaired) electrons. The summed E-state index contributed by atoms with van der Waals surface area (Å²) >= 11 is 0. The second kappa shape index (κ2) is 10.0. The van der Waals surface area contributed by atoms with E-state index in [9.17, 15) is 9.59 Å². The van der Waals surface area contributed by atoms with E-state index in [4.69, 9.17) is 18.6 Å². The molecule has 0 unspecified atom stereocenters. The Morgan fingerprint density at radius 2 is 1.80 bits per heavy atom. The highest BCUT2D eigenvalue weighted by molar-refractivity contribution is 5.83. The fourth-order valence-electron chi connectivity index (χ4n) is 4.15. The molecule has 5 rings (SSSR count). The highest BCUT2D eigenvalue weighted by Gasteiger charge is 2.25. The number of methoxy groups -OCH3 is 1. The van der Waals surface area contributed by atoms with E-state index in [1.165, 1.54) is 6.26 Å². The molecule has 7 heteroatoms. The Bertz CT molecular complexity index is 1380. The van der Waals surface area contributed by atoms with Crippen LogP contribution in [0.5, 0.6) is 11.5 Å². The monoisotopic (exact) mass is 471 g/mol. The van der Waals surface area contributed by atoms with Crippen LogP contribution in [0, 0.1) is 0 Å². The first-order chi connectivity index (χ1) is 17.1. The van der Waals surface area contributed by atoms with E-state index >= 15 is 0 Å². The summed E-state index contributed by atoms with van der Waals surface area (Å²) < 4.78 is 22.5. The van der Waals surface area contributed by atoms with E-state index in [0.717, 1.165) is 11.1 Å². The summed E-state index contributed by atoms with van der Waals surface area (Å²) in [6.45, 7) is 1.36. The second-order valence-corrected chi connectivity index (χ2v) is 8.26. The first-order valence-electron chi connectivity index (χ1n) is 11.4. The molecule has 0 spiro atoms. The Morgan fingerprint density at radius 1 is 1.03 bits per heavy atom. The Kier molecular flexibility index (Phi) is 6.50. The van der Waals surface area contributed by atoms with Gasteiger partial charge in [0.25, 0.3) is 5.91 Å². The largest absolute Gasteiger partial charge is 0.497 e. The number of fused-ring (bicyclic) bond motifs is 1. The quantitative estimate of drug-likeness (QED) is 0.414. The Hall–Kier alpha value is -4.10. The van der Waals surface area contributed by atoms with Crippen molar-refractivity contribution in [3.63, 3.8) is 0 Å². The lowest BCUT2D eigenvalue weighted by molar-refractivity contribution is -0.141. The maximum Gasteiger partial charge on any atom is 0.260 e. The van der Waals surface area contributed by atoms with Gasteiger partial charge in [-0.1, -0.05) is 42.5 Å². The van der Waals surface area contributed by atoms with Crippen LogP contribution in [0.1, 0.15) is 11.7 Å². The van der Waals surface area contributed by atoms with Crippen LogP contribution in [0.2, 0.25) is 0 Å². The van der Waals surface area contributed by atoms with Crippen LogP contribution in [0.15, 0.2) is 88.3 Å². The summed E-state index contributed by atoms with van der Waals surface area (Å²) in [6, 6.07) is 22.1. The van der Waals surface area contributed by atoms with E-state index < -0.39 is 0 Å². The van der Waals surface area contributed by atoms with Gasteiger partial charge in [-0.05, 0) is 35.4 Å². The molecule has 0 aliphatic carbocycles. The molecule has 1 aliphatic rings. The SMILES string of the molecule is COc1ccc(-c2coc3cc(OCC(=O)N4CCO[C@H](c5ccccc5)C4)ccc3c2=O)cc1. The fraction of sp³-hybridized carbons (Fsp3) is 0.214. The number of benzene rings is 3. The zero-order chi connectivity index (χ0) is 24.2. The van der Waals surface area contributed by atoms with E-state index in [1.54, 1.807) is 42.3 Å². The van der Waals surface area contributed by atoms with Crippen molar-refractivity contribution in [1.82, 2.24) is 4.90 Å². The van der Waals surface area contributed by atoms with Crippen LogP contribution in [0.4, 0.5) is 0 Å². The average Bonchev–Trinajstić information content (AvgIpc) is 2.92. The lowest BCUT2D eigenvalue weighted by Gasteiger charge is -2.33. The molecule has 35 heavy (non-hydrogen) atoms. The van der Waals surface area contributed by atoms with Crippen molar-refractivity contribution in [2.45, 2.75) is 6.10 Å². The number of rotatable bonds is 6. The average molecular weight is 472 g/mol. The van der Waals surface area contributed by atoms with Crippen LogP contribution in [0.3, 0.4) is 0 Å². The molecule has 1 aliphatic heterocycles. The number of amides is 1. The van der Waals surface area contributed by atoms with E-state index in [0.29, 0.717) is 47.7 Å². The third kappa shape index (κ3) is 4.90. The molecule has 0 bridgehead atoms. The summed E-state index contributed by atoms with van der Waals surface area (Å²) in [6.07, 6.45) is 1.29. The number of hydrogen-bond donors (Lipinski definition) is 0. The van der Waals surface area contributed by atoms with Gasteiger partial charge in [0.2, 0.25) is 0 Å². The maximum absolute atomic E-state index is 13.0. The molecule has 1 atom stereocenters. The Balaban J connectivity index is 1.26. The number of hydrogen-bond acceptors (Lipinski definition) is 6. The molecule has 7 nitrogen and oxygen atoms in total. The van der Waals surface area contributed by atoms with Gasteiger partial charge in [-0.2, -0.15) is 0 Å². The molecule has 2 heterocycles. The highest BCUT2D eigenvalue weighted by atomic mass is 16.5. The van der Waals surface area contributed by atoms with Crippen molar-refractivity contribution in [1.29, 1.82) is 0 Å². The van der Waals surface area contributed by atoms with Crippen LogP contribution >= 0.6 is 0 Å². The highest BCUT2D eigenvalue weighted by Crippen LogP contribution is 2.25. The van der Waals surface area contributed by atoms with Gasteiger partial charge in [0.1, 0.15) is 29.4 Å². The standard InChI is InChI=1S/C28H25NO6/c1-32-21-9-7-19(8-10-21)24-17-35-25-15-22(11-12-23(25)28(24)31)34-18-27(30)29-13-14-33-26(16-29)20-5-3-2-4-6-20/h2-12,15,17,26H,13-14,16,18H2,1H3/t26-/m0/s1. The zero-order valence-corrected chi connectivity index (χ0v) is 19.3. The normalized spacial score (nSPS) is 15.7. The van der Waals surface area contributed by atoms with Crippen LogP contribution < -0.4 is 14.9 Å². The fourth-order valence-corrected chi connectivity index (χ4v) is 4.15. The molecule has 1 amide bonds. The maximum atomic E-state index is 13.0. The minimum Gasteiger partial charge on any atom is -0.497 e. The number of carbonyl (C=O) groups is 1. The number of ether oxygens (including phenoxy) is 3. The van der Waals surface area contributed by atoms with Gasteiger partial charge in [-0.3, -0.25) is 9.59 Å². The van der Waals surface area contributed by atoms with Crippen LogP contribution in [0.25, 0.3) is 22.1 Å². The van der Waals surface area contributed by atoms with E-state index in [1.807, 2.05) is 42.5 Å². The first kappa shape index (κ1) is 22.7. The molecule has 178 valence electrons. The third-order valence-electron chi connectivity index (χ3n) is 6.10. The lowest BCUT2D eigenvalue weighted by Crippen LogP contribution is -2.44. The van der Waals surface area contributed by atoms with Crippen molar-refractivity contribution in [2.75, 3.05) is 33.4 Å². The molecule has 0 N–H and O–H groups in total. The van der Waals surface area contributed by atoms with Crippen molar-refractivity contribution in [3.8, 4) is 22.6 Å². The summed E-state index contributed by atoms with van der Waals surface area (Å²) in [4.78, 5) is 27.5. The van der Waals surface area contributed by atoms with Gasteiger partial charge >= 0.3 is 0 Å². The topological polar surface area (TPSA) is 78.2 Å². The predicted molar refractivity (Wildman–Crippen MR) is 132 cm³/mol. The molecule has 4 aromatic rings. The summed E-state index contributed by atoms with van der Waals surface area (Å²) in [7, 11) is 1.59. The number of morpholine rings is 1. The van der Waals surface area contributed by atoms with Gasteiger partial charge in [-0.15, -0.1) is 0 Å². The molecule has 1 saturated heterocycles. The van der Waals surface area contributed by atoms with Crippen molar-refractivity contribution in [3.05, 3.63) is 94.8 Å². The Labute approximate surface area is 202 Å². The molecule has 0 saturated carbocycles. The predicted octanol–water partition coefficient (Wildman–Crippen LogP) is 4.45. The molecule has 3 aromatic carbocycles. The van der Waals surface area contributed by atoms with Gasteiger partial charge in [-0.25, -0.2) is 0 Å². The van der Waals surface area contributed by atoms with Crippen molar-refractivity contribution >= 4 is 16.9 Å². The van der Waals surface area contributed by atoms with Gasteiger partial charge in [0.05, 0.1) is 31.2 Å². The van der Waals surface area contributed by atoms with Crippen LogP contribution in [-0.2, 0) is 9.53 Å². The first-order valence-corrected chi connectivity index (χ1v) is 11.4. The lowest BCUT2D eigenvalue weighted by atomic mass is 10.1. The van der Waals surface area contributed by atoms with Gasteiger partial charge in [0.15, 0.2) is 12.0 Å². The Morgan fingerprint density at radius 3 is 2.57 bits per heavy atom. The van der Waals surface area contributed by atoms with E-state index in [2.05, 4.69) is 0 Å². The molecular weight excluding hydrogens is 446 g/mol. The molecule has 1 aromatic heterocycles. The summed E-state index contributed by atoms with van der Waals surface area (Å²) in [5.74, 6) is 1.05. The summed E-state index contributed by atoms with van der Waals surface area (Å²) in [5.41, 5.74) is 2.51. The molecule has 1 fully saturated rings. The van der Waals surface area contributed by atoms with Crippen LogP contribution in [-0.4, -0.2) is 44.2 Å². The minimum atomic E-state index is -0.149. The number of nitrogens with zero attached hydrogens (tertiary/aromatic N) is 1. The minimum absolute atomic E-state index is 0.110. The second-order valence-electron chi connectivity index (χ2n) is 8.26. The zero-order valence-electron chi connectivity index (χ0n) is 19.3. The third-order valence-corrected chi connectivity index (χ3v) is 6.10. The summed E-state index contributed by atoms with van der Waals surface area (Å²) in [5, 5.41) is 0.441. The van der Waals surface area contributed by atoms with Crippen molar-refractivity contribution in [2.24, 2.45) is 0 Å². The number of carbonyl (C=O) groups excluding carboxylic acids is 1. The smallest absolute Gasteiger partial charge is 0.260 e. The van der Waals surface area contributed by atoms with Gasteiger partial charge in [0, 0.05) is 12.6 Å². The van der Waals surface area contributed by atoms with Crippen molar-refractivity contribution < 1.29 is 23.4 Å². The van der Waals surface area contributed by atoms with E-state index in [-0.39, 0.29) is 24.0 Å².